The van der Waals surface area contributed by atoms with E-state index in [1.54, 1.807) is 0 Å². The van der Waals surface area contributed by atoms with Gasteiger partial charge in [-0.2, -0.15) is 0 Å². The molecule has 0 amide bonds. The summed E-state index contributed by atoms with van der Waals surface area (Å²) in [7, 11) is 0. The molecule has 19 heavy (non-hydrogen) atoms. The van der Waals surface area contributed by atoms with Gasteiger partial charge in [-0.3, -0.25) is 4.90 Å². The molecule has 0 radical (unpaired) electrons. The number of aliphatic hydroxyl groups is 1. The van der Waals surface area contributed by atoms with Crippen LogP contribution in [-0.4, -0.2) is 49.5 Å². The maximum Gasteiger partial charge on any atom is 0.0593 e. The summed E-state index contributed by atoms with van der Waals surface area (Å²) in [4.78, 5) is 2.36. The van der Waals surface area contributed by atoms with Crippen LogP contribution >= 0.6 is 0 Å². The Bertz CT molecular complexity index is 384. The van der Waals surface area contributed by atoms with Crippen LogP contribution in [0, 0.1) is 5.92 Å². The molecule has 1 atom stereocenters. The van der Waals surface area contributed by atoms with Gasteiger partial charge in [0.1, 0.15) is 0 Å². The molecule has 0 spiro atoms. The van der Waals surface area contributed by atoms with Crippen LogP contribution < -0.4 is 5.73 Å². The predicted molar refractivity (Wildman–Crippen MR) is 75.9 cm³/mol. The first kappa shape index (κ1) is 14.5. The van der Waals surface area contributed by atoms with Crippen LogP contribution in [0.4, 0.5) is 0 Å². The maximum atomic E-state index is 9.29. The lowest BCUT2D eigenvalue weighted by molar-refractivity contribution is 0.0958. The third kappa shape index (κ3) is 4.58. The predicted octanol–water partition coefficient (Wildman–Crippen LogP) is 0.629. The Balaban J connectivity index is 1.96. The van der Waals surface area contributed by atoms with Gasteiger partial charge in [-0.25, -0.2) is 0 Å². The molecular formula is C15H24N2O2. The number of hydrogen-bond donors (Lipinski definition) is 2. The van der Waals surface area contributed by atoms with Gasteiger partial charge in [-0.05, 0) is 24.1 Å². The summed E-state index contributed by atoms with van der Waals surface area (Å²) in [6, 6.07) is 8.60. The minimum atomic E-state index is 0.198. The Morgan fingerprint density at radius 1 is 1.37 bits per heavy atom. The summed E-state index contributed by atoms with van der Waals surface area (Å²) in [5.41, 5.74) is 8.20. The maximum absolute atomic E-state index is 9.29. The van der Waals surface area contributed by atoms with Crippen LogP contribution in [0.1, 0.15) is 11.1 Å². The van der Waals surface area contributed by atoms with Crippen LogP contribution in [0.5, 0.6) is 0 Å². The monoisotopic (exact) mass is 264 g/mol. The van der Waals surface area contributed by atoms with Crippen LogP contribution in [-0.2, 0) is 17.7 Å². The van der Waals surface area contributed by atoms with Crippen molar-refractivity contribution in [1.29, 1.82) is 0 Å². The summed E-state index contributed by atoms with van der Waals surface area (Å²) < 4.78 is 5.51. The van der Waals surface area contributed by atoms with Gasteiger partial charge in [0, 0.05) is 32.2 Å². The highest BCUT2D eigenvalue weighted by Crippen LogP contribution is 2.12. The standard InChI is InChI=1S/C15H24N2O2/c16-5-4-13-2-1-3-14(8-13)9-17-6-7-19-12-15(10-17)11-18/h1-3,8,15,18H,4-7,9-12,16H2/t15-/m1/s1. The van der Waals surface area contributed by atoms with E-state index >= 15 is 0 Å². The van der Waals surface area contributed by atoms with Crippen molar-refractivity contribution in [2.45, 2.75) is 13.0 Å². The van der Waals surface area contributed by atoms with Gasteiger partial charge in [0.2, 0.25) is 0 Å². The van der Waals surface area contributed by atoms with Gasteiger partial charge >= 0.3 is 0 Å². The summed E-state index contributed by atoms with van der Waals surface area (Å²) in [5, 5.41) is 9.29. The number of nitrogens with zero attached hydrogens (tertiary/aromatic N) is 1. The van der Waals surface area contributed by atoms with Crippen molar-refractivity contribution in [3.63, 3.8) is 0 Å². The summed E-state index contributed by atoms with van der Waals surface area (Å²) in [6.45, 7) is 5.05. The van der Waals surface area contributed by atoms with E-state index in [1.165, 1.54) is 11.1 Å². The van der Waals surface area contributed by atoms with Gasteiger partial charge in [0.05, 0.1) is 13.2 Å². The second kappa shape index (κ2) is 7.60. The zero-order valence-electron chi connectivity index (χ0n) is 11.4. The van der Waals surface area contributed by atoms with Crippen molar-refractivity contribution < 1.29 is 9.84 Å². The third-order valence-electron chi connectivity index (χ3n) is 3.51. The zero-order chi connectivity index (χ0) is 13.5. The largest absolute Gasteiger partial charge is 0.396 e. The first-order valence-electron chi connectivity index (χ1n) is 7.00. The van der Waals surface area contributed by atoms with Gasteiger partial charge in [0.15, 0.2) is 0 Å². The molecule has 106 valence electrons. The van der Waals surface area contributed by atoms with E-state index in [-0.39, 0.29) is 12.5 Å². The fourth-order valence-corrected chi connectivity index (χ4v) is 2.52. The molecule has 4 nitrogen and oxygen atoms in total. The van der Waals surface area contributed by atoms with Gasteiger partial charge in [-0.15, -0.1) is 0 Å². The van der Waals surface area contributed by atoms with Crippen LogP contribution in [0.2, 0.25) is 0 Å². The Hall–Kier alpha value is -0.940. The Kier molecular flexibility index (Phi) is 5.79. The average Bonchev–Trinajstić information content (AvgIpc) is 2.65. The van der Waals surface area contributed by atoms with Crippen molar-refractivity contribution in [1.82, 2.24) is 4.90 Å². The average molecular weight is 264 g/mol. The molecule has 3 N–H and O–H groups in total. The van der Waals surface area contributed by atoms with E-state index in [0.29, 0.717) is 13.2 Å². The Morgan fingerprint density at radius 3 is 3.00 bits per heavy atom. The molecule has 0 bridgehead atoms. The first-order valence-corrected chi connectivity index (χ1v) is 7.00. The molecule has 4 heteroatoms. The normalized spacial score (nSPS) is 21.3. The first-order chi connectivity index (χ1) is 9.31. The smallest absolute Gasteiger partial charge is 0.0593 e. The lowest BCUT2D eigenvalue weighted by Crippen LogP contribution is -2.31. The molecule has 1 heterocycles. The number of hydrogen-bond acceptors (Lipinski definition) is 4. The van der Waals surface area contributed by atoms with Gasteiger partial charge < -0.3 is 15.6 Å². The van der Waals surface area contributed by atoms with Gasteiger partial charge in [-0.1, -0.05) is 24.3 Å². The van der Waals surface area contributed by atoms with Crippen LogP contribution in [0.3, 0.4) is 0 Å². The molecule has 1 aromatic carbocycles. The van der Waals surface area contributed by atoms with E-state index in [9.17, 15) is 5.11 Å². The number of nitrogens with two attached hydrogens (primary N) is 1. The second-order valence-corrected chi connectivity index (χ2v) is 5.22. The third-order valence-corrected chi connectivity index (χ3v) is 3.51. The second-order valence-electron chi connectivity index (χ2n) is 5.22. The highest BCUT2D eigenvalue weighted by Gasteiger charge is 2.17. The SMILES string of the molecule is NCCc1cccc(CN2CCOC[C@@H](CO)C2)c1. The molecule has 1 aliphatic rings. The van der Waals surface area contributed by atoms with E-state index in [1.807, 2.05) is 0 Å². The molecule has 0 saturated carbocycles. The van der Waals surface area contributed by atoms with Crippen molar-refractivity contribution in [3.05, 3.63) is 35.4 Å². The van der Waals surface area contributed by atoms with E-state index in [4.69, 9.17) is 10.5 Å². The number of benzene rings is 1. The highest BCUT2D eigenvalue weighted by molar-refractivity contribution is 5.23. The summed E-state index contributed by atoms with van der Waals surface area (Å²) >= 11 is 0. The van der Waals surface area contributed by atoms with Crippen molar-refractivity contribution in [2.24, 2.45) is 11.7 Å². The zero-order valence-corrected chi connectivity index (χ0v) is 11.4. The molecular weight excluding hydrogens is 240 g/mol. The summed E-state index contributed by atoms with van der Waals surface area (Å²) in [6.07, 6.45) is 0.927. The number of aliphatic hydroxyl groups excluding tert-OH is 1. The quantitative estimate of drug-likeness (QED) is 0.819. The lowest BCUT2D eigenvalue weighted by atomic mass is 10.1. The molecule has 2 rings (SSSR count). The molecule has 1 fully saturated rings. The Labute approximate surface area is 115 Å². The van der Waals surface area contributed by atoms with Crippen molar-refractivity contribution in [3.8, 4) is 0 Å². The van der Waals surface area contributed by atoms with Crippen molar-refractivity contribution >= 4 is 0 Å². The summed E-state index contributed by atoms with van der Waals surface area (Å²) in [5.74, 6) is 0.231. The van der Waals surface area contributed by atoms with Crippen molar-refractivity contribution in [2.75, 3.05) is 39.5 Å². The molecule has 0 aliphatic carbocycles. The molecule has 1 aromatic rings. The lowest BCUT2D eigenvalue weighted by Gasteiger charge is -2.22. The van der Waals surface area contributed by atoms with Crippen LogP contribution in [0.25, 0.3) is 0 Å². The molecule has 1 saturated heterocycles. The number of ether oxygens (including phenoxy) is 1. The van der Waals surface area contributed by atoms with Gasteiger partial charge in [0.25, 0.3) is 0 Å². The minimum absolute atomic E-state index is 0.198. The molecule has 1 aliphatic heterocycles. The van der Waals surface area contributed by atoms with E-state index in [0.717, 1.165) is 32.7 Å². The highest BCUT2D eigenvalue weighted by atomic mass is 16.5. The minimum Gasteiger partial charge on any atom is -0.396 e. The van der Waals surface area contributed by atoms with Crippen LogP contribution in [0.15, 0.2) is 24.3 Å². The fourth-order valence-electron chi connectivity index (χ4n) is 2.52. The van der Waals surface area contributed by atoms with E-state index in [2.05, 4.69) is 29.2 Å². The molecule has 0 unspecified atom stereocenters. The Morgan fingerprint density at radius 2 is 2.21 bits per heavy atom. The topological polar surface area (TPSA) is 58.7 Å². The fraction of sp³-hybridized carbons (Fsp3) is 0.600. The van der Waals surface area contributed by atoms with E-state index < -0.39 is 0 Å². The number of rotatable bonds is 5. The molecule has 0 aromatic heterocycles.